The summed E-state index contributed by atoms with van der Waals surface area (Å²) in [4.78, 5) is 0. The highest BCUT2D eigenvalue weighted by molar-refractivity contribution is 5.47. The van der Waals surface area contributed by atoms with Crippen molar-refractivity contribution in [1.82, 2.24) is 0 Å². The van der Waals surface area contributed by atoms with E-state index in [0.717, 1.165) is 18.0 Å². The molecule has 0 saturated heterocycles. The molecule has 0 amide bonds. The van der Waals surface area contributed by atoms with Gasteiger partial charge in [0.25, 0.3) is 0 Å². The first kappa shape index (κ1) is 14.9. The molecule has 3 heteroatoms. The maximum atomic E-state index is 8.47. The molecule has 0 bridgehead atoms. The van der Waals surface area contributed by atoms with Crippen LogP contribution in [0.4, 0.5) is 5.69 Å². The van der Waals surface area contributed by atoms with E-state index in [1.54, 1.807) is 0 Å². The molecule has 108 valence electrons. The Hall–Kier alpha value is -2.47. The van der Waals surface area contributed by atoms with Crippen LogP contribution in [-0.2, 0) is 6.54 Å². The van der Waals surface area contributed by atoms with Crippen molar-refractivity contribution < 1.29 is 4.74 Å². The van der Waals surface area contributed by atoms with E-state index < -0.39 is 0 Å². The summed E-state index contributed by atoms with van der Waals surface area (Å²) in [6.45, 7) is 5.23. The first-order valence-corrected chi connectivity index (χ1v) is 7.11. The lowest BCUT2D eigenvalue weighted by Gasteiger charge is -2.11. The van der Waals surface area contributed by atoms with E-state index in [-0.39, 0.29) is 6.61 Å². The minimum Gasteiger partial charge on any atom is -0.479 e. The minimum atomic E-state index is 0.0829. The lowest BCUT2D eigenvalue weighted by molar-refractivity contribution is 0.368. The molecule has 0 spiro atoms. The Balaban J connectivity index is 1.93. The molecule has 0 aliphatic carbocycles. The smallest absolute Gasteiger partial charge is 0.174 e. The predicted octanol–water partition coefficient (Wildman–Crippen LogP) is 4.32. The topological polar surface area (TPSA) is 45.0 Å². The van der Waals surface area contributed by atoms with Gasteiger partial charge in [-0.05, 0) is 41.3 Å². The second kappa shape index (κ2) is 7.35. The number of benzene rings is 2. The van der Waals surface area contributed by atoms with Crippen LogP contribution in [-0.4, -0.2) is 6.61 Å². The number of ether oxygens (including phenoxy) is 1. The van der Waals surface area contributed by atoms with Crippen molar-refractivity contribution in [3.05, 3.63) is 59.7 Å². The predicted molar refractivity (Wildman–Crippen MR) is 85.4 cm³/mol. The van der Waals surface area contributed by atoms with Gasteiger partial charge in [0.1, 0.15) is 11.8 Å². The van der Waals surface area contributed by atoms with E-state index in [9.17, 15) is 0 Å². The number of rotatable bonds is 6. The van der Waals surface area contributed by atoms with E-state index in [2.05, 4.69) is 43.4 Å². The molecule has 1 N–H and O–H groups in total. The van der Waals surface area contributed by atoms with Gasteiger partial charge in [-0.2, -0.15) is 5.26 Å². The molecular weight excluding hydrogens is 260 g/mol. The van der Waals surface area contributed by atoms with Crippen LogP contribution >= 0.6 is 0 Å². The Kier molecular flexibility index (Phi) is 5.22. The van der Waals surface area contributed by atoms with Crippen molar-refractivity contribution in [2.45, 2.75) is 26.3 Å². The molecule has 0 aliphatic heterocycles. The molecule has 0 aromatic heterocycles. The van der Waals surface area contributed by atoms with Gasteiger partial charge in [0.2, 0.25) is 0 Å². The fraction of sp³-hybridized carbons (Fsp3) is 0.278. The summed E-state index contributed by atoms with van der Waals surface area (Å²) in [7, 11) is 0. The molecule has 0 fully saturated rings. The van der Waals surface area contributed by atoms with Gasteiger partial charge in [-0.25, -0.2) is 0 Å². The fourth-order valence-corrected chi connectivity index (χ4v) is 2.03. The zero-order chi connectivity index (χ0) is 15.1. The Morgan fingerprint density at radius 2 is 1.90 bits per heavy atom. The number of hydrogen-bond acceptors (Lipinski definition) is 3. The molecular formula is C18H20N2O. The zero-order valence-electron chi connectivity index (χ0n) is 12.5. The molecule has 0 saturated carbocycles. The second-order valence-electron chi connectivity index (χ2n) is 5.22. The highest BCUT2D eigenvalue weighted by Crippen LogP contribution is 2.19. The molecule has 0 aliphatic rings. The van der Waals surface area contributed by atoms with Crippen LogP contribution in [0.3, 0.4) is 0 Å². The van der Waals surface area contributed by atoms with Crippen LogP contribution in [0, 0.1) is 11.3 Å². The van der Waals surface area contributed by atoms with Gasteiger partial charge in [-0.1, -0.05) is 38.1 Å². The first-order valence-electron chi connectivity index (χ1n) is 7.11. The summed E-state index contributed by atoms with van der Waals surface area (Å²) in [6, 6.07) is 18.2. The Bertz CT molecular complexity index is 612. The lowest BCUT2D eigenvalue weighted by atomic mass is 10.0. The summed E-state index contributed by atoms with van der Waals surface area (Å²) < 4.78 is 5.23. The molecule has 2 aromatic rings. The normalized spacial score (nSPS) is 10.2. The molecule has 0 unspecified atom stereocenters. The van der Waals surface area contributed by atoms with Crippen molar-refractivity contribution in [2.24, 2.45) is 0 Å². The van der Waals surface area contributed by atoms with Gasteiger partial charge in [0.15, 0.2) is 6.61 Å². The third-order valence-corrected chi connectivity index (χ3v) is 3.28. The van der Waals surface area contributed by atoms with Crippen LogP contribution in [0.2, 0.25) is 0 Å². The standard InChI is InChI=1S/C18H20N2O/c1-14(2)16-4-3-5-17(12-16)20-13-15-6-8-18(9-7-15)21-11-10-19/h3-9,12,14,20H,11,13H2,1-2H3. The van der Waals surface area contributed by atoms with E-state index in [0.29, 0.717) is 5.92 Å². The Labute approximate surface area is 126 Å². The van der Waals surface area contributed by atoms with Crippen LogP contribution in [0.1, 0.15) is 30.9 Å². The van der Waals surface area contributed by atoms with Crippen LogP contribution in [0.25, 0.3) is 0 Å². The largest absolute Gasteiger partial charge is 0.479 e. The highest BCUT2D eigenvalue weighted by atomic mass is 16.5. The molecule has 0 atom stereocenters. The number of nitriles is 1. The van der Waals surface area contributed by atoms with E-state index in [1.807, 2.05) is 30.3 Å². The van der Waals surface area contributed by atoms with E-state index >= 15 is 0 Å². The van der Waals surface area contributed by atoms with E-state index in [1.165, 1.54) is 11.1 Å². The third-order valence-electron chi connectivity index (χ3n) is 3.28. The maximum absolute atomic E-state index is 8.47. The van der Waals surface area contributed by atoms with Crippen molar-refractivity contribution in [1.29, 1.82) is 5.26 Å². The molecule has 0 heterocycles. The van der Waals surface area contributed by atoms with Gasteiger partial charge in [-0.15, -0.1) is 0 Å². The molecule has 2 aromatic carbocycles. The SMILES string of the molecule is CC(C)c1cccc(NCc2ccc(OCC#N)cc2)c1. The number of nitrogens with zero attached hydrogens (tertiary/aromatic N) is 1. The van der Waals surface area contributed by atoms with Gasteiger partial charge in [-0.3, -0.25) is 0 Å². The summed E-state index contributed by atoms with van der Waals surface area (Å²) in [5, 5.41) is 11.9. The van der Waals surface area contributed by atoms with Gasteiger partial charge in [0.05, 0.1) is 0 Å². The summed E-state index contributed by atoms with van der Waals surface area (Å²) in [5.74, 6) is 1.26. The maximum Gasteiger partial charge on any atom is 0.174 e. The fourth-order valence-electron chi connectivity index (χ4n) is 2.03. The van der Waals surface area contributed by atoms with E-state index in [4.69, 9.17) is 10.00 Å². The van der Waals surface area contributed by atoms with Gasteiger partial charge in [0, 0.05) is 12.2 Å². The molecule has 3 nitrogen and oxygen atoms in total. The Morgan fingerprint density at radius 3 is 2.57 bits per heavy atom. The van der Waals surface area contributed by atoms with Gasteiger partial charge >= 0.3 is 0 Å². The molecule has 21 heavy (non-hydrogen) atoms. The Morgan fingerprint density at radius 1 is 1.14 bits per heavy atom. The van der Waals surface area contributed by atoms with Crippen LogP contribution in [0.5, 0.6) is 5.75 Å². The quantitative estimate of drug-likeness (QED) is 0.856. The number of anilines is 1. The van der Waals surface area contributed by atoms with Crippen molar-refractivity contribution in [3.63, 3.8) is 0 Å². The zero-order valence-corrected chi connectivity index (χ0v) is 12.5. The average Bonchev–Trinajstić information content (AvgIpc) is 2.52. The van der Waals surface area contributed by atoms with Crippen molar-refractivity contribution in [3.8, 4) is 11.8 Å². The summed E-state index contributed by atoms with van der Waals surface area (Å²) in [6.07, 6.45) is 0. The van der Waals surface area contributed by atoms with Crippen LogP contribution in [0.15, 0.2) is 48.5 Å². The van der Waals surface area contributed by atoms with Crippen LogP contribution < -0.4 is 10.1 Å². The van der Waals surface area contributed by atoms with Crippen molar-refractivity contribution in [2.75, 3.05) is 11.9 Å². The first-order chi connectivity index (χ1) is 10.2. The third kappa shape index (κ3) is 4.54. The lowest BCUT2D eigenvalue weighted by Crippen LogP contribution is -2.00. The average molecular weight is 280 g/mol. The highest BCUT2D eigenvalue weighted by Gasteiger charge is 2.00. The number of nitrogens with one attached hydrogen (secondary N) is 1. The second-order valence-corrected chi connectivity index (χ2v) is 5.22. The summed E-state index contributed by atoms with van der Waals surface area (Å²) in [5.41, 5.74) is 3.64. The minimum absolute atomic E-state index is 0.0829. The monoisotopic (exact) mass is 280 g/mol. The van der Waals surface area contributed by atoms with Crippen molar-refractivity contribution >= 4 is 5.69 Å². The molecule has 0 radical (unpaired) electrons. The number of hydrogen-bond donors (Lipinski definition) is 1. The van der Waals surface area contributed by atoms with Gasteiger partial charge < -0.3 is 10.1 Å². The summed E-state index contributed by atoms with van der Waals surface area (Å²) >= 11 is 0. The molecule has 2 rings (SSSR count).